The highest BCUT2D eigenvalue weighted by Crippen LogP contribution is 2.28. The average Bonchev–Trinajstić information content (AvgIpc) is 3.29. The van der Waals surface area contributed by atoms with Crippen LogP contribution in [-0.4, -0.2) is 77.5 Å². The third kappa shape index (κ3) is 5.58. The summed E-state index contributed by atoms with van der Waals surface area (Å²) in [7, 11) is 0. The van der Waals surface area contributed by atoms with Crippen molar-refractivity contribution in [1.29, 1.82) is 0 Å². The summed E-state index contributed by atoms with van der Waals surface area (Å²) < 4.78 is 13.8. The minimum absolute atomic E-state index is 0.169. The van der Waals surface area contributed by atoms with E-state index in [1.54, 1.807) is 11.8 Å². The normalized spacial score (nSPS) is 19.7. The SMILES string of the molecule is Cc1ccc(-n2c(SC[C@@H]3CN(Cc4ccccc4)CCO3)nnc2N2CCOCC2)cc1. The molecule has 0 unspecified atom stereocenters. The van der Waals surface area contributed by atoms with Crippen LogP contribution in [0.15, 0.2) is 59.8 Å². The van der Waals surface area contributed by atoms with E-state index in [2.05, 4.69) is 86.1 Å². The Morgan fingerprint density at radius 3 is 2.52 bits per heavy atom. The molecule has 2 aliphatic heterocycles. The van der Waals surface area contributed by atoms with E-state index in [1.807, 2.05) is 0 Å². The van der Waals surface area contributed by atoms with E-state index in [1.165, 1.54) is 11.1 Å². The summed E-state index contributed by atoms with van der Waals surface area (Å²) in [6.45, 7) is 8.83. The molecule has 174 valence electrons. The molecule has 5 rings (SSSR count). The molecule has 7 nitrogen and oxygen atoms in total. The lowest BCUT2D eigenvalue weighted by atomic mass is 10.2. The van der Waals surface area contributed by atoms with Crippen molar-refractivity contribution in [2.24, 2.45) is 0 Å². The molecule has 0 saturated carbocycles. The lowest BCUT2D eigenvalue weighted by Gasteiger charge is -2.32. The Balaban J connectivity index is 1.29. The first-order valence-corrected chi connectivity index (χ1v) is 12.6. The monoisotopic (exact) mass is 465 g/mol. The summed E-state index contributed by atoms with van der Waals surface area (Å²) in [6.07, 6.45) is 0.169. The number of hydrogen-bond donors (Lipinski definition) is 0. The summed E-state index contributed by atoms with van der Waals surface area (Å²) in [5.41, 5.74) is 3.67. The maximum atomic E-state index is 6.11. The smallest absolute Gasteiger partial charge is 0.232 e. The second-order valence-electron chi connectivity index (χ2n) is 8.58. The van der Waals surface area contributed by atoms with Gasteiger partial charge in [0.2, 0.25) is 5.95 Å². The van der Waals surface area contributed by atoms with Crippen LogP contribution in [0.5, 0.6) is 0 Å². The molecular formula is C25H31N5O2S. The fourth-order valence-corrected chi connectivity index (χ4v) is 5.23. The van der Waals surface area contributed by atoms with Gasteiger partial charge in [-0.3, -0.25) is 9.47 Å². The number of aryl methyl sites for hydroxylation is 1. The Morgan fingerprint density at radius 1 is 0.939 bits per heavy atom. The molecule has 0 aliphatic carbocycles. The lowest BCUT2D eigenvalue weighted by molar-refractivity contribution is -0.0187. The maximum Gasteiger partial charge on any atom is 0.232 e. The van der Waals surface area contributed by atoms with E-state index in [0.717, 1.165) is 75.1 Å². The van der Waals surface area contributed by atoms with Crippen LogP contribution in [-0.2, 0) is 16.0 Å². The summed E-state index contributed by atoms with van der Waals surface area (Å²) in [5.74, 6) is 1.73. The Bertz CT molecular complexity index is 1020. The zero-order valence-corrected chi connectivity index (χ0v) is 19.9. The molecule has 3 heterocycles. The summed E-state index contributed by atoms with van der Waals surface area (Å²) >= 11 is 1.73. The number of aromatic nitrogens is 3. The second kappa shape index (κ2) is 10.7. The number of nitrogens with zero attached hydrogens (tertiary/aromatic N) is 5. The van der Waals surface area contributed by atoms with Gasteiger partial charge in [0.05, 0.1) is 31.6 Å². The van der Waals surface area contributed by atoms with Gasteiger partial charge in [0.1, 0.15) is 0 Å². The number of thioether (sulfide) groups is 1. The summed E-state index contributed by atoms with van der Waals surface area (Å²) in [5, 5.41) is 10.1. The molecular weight excluding hydrogens is 434 g/mol. The molecule has 0 N–H and O–H groups in total. The minimum atomic E-state index is 0.169. The number of morpholine rings is 2. The van der Waals surface area contributed by atoms with Gasteiger partial charge in [0.15, 0.2) is 5.16 Å². The number of ether oxygens (including phenoxy) is 2. The van der Waals surface area contributed by atoms with Crippen molar-refractivity contribution >= 4 is 17.7 Å². The lowest BCUT2D eigenvalue weighted by Crippen LogP contribution is -2.43. The zero-order chi connectivity index (χ0) is 22.5. The van der Waals surface area contributed by atoms with Crippen molar-refractivity contribution in [2.45, 2.75) is 24.7 Å². The van der Waals surface area contributed by atoms with E-state index < -0.39 is 0 Å². The second-order valence-corrected chi connectivity index (χ2v) is 9.56. The Hall–Kier alpha value is -2.39. The van der Waals surface area contributed by atoms with E-state index in [0.29, 0.717) is 0 Å². The first kappa shape index (κ1) is 22.4. The predicted molar refractivity (Wildman–Crippen MR) is 131 cm³/mol. The molecule has 8 heteroatoms. The van der Waals surface area contributed by atoms with Crippen molar-refractivity contribution < 1.29 is 9.47 Å². The molecule has 2 saturated heterocycles. The van der Waals surface area contributed by atoms with Gasteiger partial charge in [-0.05, 0) is 24.6 Å². The molecule has 2 aromatic carbocycles. The number of rotatable bonds is 7. The van der Waals surface area contributed by atoms with Gasteiger partial charge in [-0.25, -0.2) is 0 Å². The number of benzene rings is 2. The van der Waals surface area contributed by atoms with Gasteiger partial charge in [0.25, 0.3) is 0 Å². The van der Waals surface area contributed by atoms with Gasteiger partial charge in [-0.1, -0.05) is 59.8 Å². The Labute approximate surface area is 199 Å². The van der Waals surface area contributed by atoms with Crippen LogP contribution in [0, 0.1) is 6.92 Å². The molecule has 2 aliphatic rings. The molecule has 2 fully saturated rings. The highest BCUT2D eigenvalue weighted by Gasteiger charge is 2.25. The largest absolute Gasteiger partial charge is 0.378 e. The fourth-order valence-electron chi connectivity index (χ4n) is 4.28. The number of anilines is 1. The van der Waals surface area contributed by atoms with Gasteiger partial charge in [0, 0.05) is 38.5 Å². The quantitative estimate of drug-likeness (QED) is 0.496. The average molecular weight is 466 g/mol. The maximum absolute atomic E-state index is 6.11. The van der Waals surface area contributed by atoms with Crippen molar-refractivity contribution in [3.05, 3.63) is 65.7 Å². The standard InChI is InChI=1S/C25H31N5O2S/c1-20-7-9-22(10-8-20)30-24(29-12-14-31-15-13-29)26-27-25(30)33-19-23-18-28(11-16-32-23)17-21-5-3-2-4-6-21/h2-10,23H,11-19H2,1H3/t23-/m0/s1. The Morgan fingerprint density at radius 2 is 1.73 bits per heavy atom. The topological polar surface area (TPSA) is 55.7 Å². The fraction of sp³-hybridized carbons (Fsp3) is 0.440. The Kier molecular flexibility index (Phi) is 7.26. The van der Waals surface area contributed by atoms with Gasteiger partial charge in [-0.2, -0.15) is 0 Å². The molecule has 33 heavy (non-hydrogen) atoms. The molecule has 1 aromatic heterocycles. The van der Waals surface area contributed by atoms with Crippen molar-refractivity contribution in [3.63, 3.8) is 0 Å². The van der Waals surface area contributed by atoms with Crippen LogP contribution in [0.2, 0.25) is 0 Å². The zero-order valence-electron chi connectivity index (χ0n) is 19.1. The highest BCUT2D eigenvalue weighted by atomic mass is 32.2. The molecule has 0 amide bonds. The van der Waals surface area contributed by atoms with Crippen LogP contribution in [0.4, 0.5) is 5.95 Å². The number of hydrogen-bond acceptors (Lipinski definition) is 7. The molecule has 0 bridgehead atoms. The minimum Gasteiger partial charge on any atom is -0.378 e. The molecule has 1 atom stereocenters. The van der Waals surface area contributed by atoms with Crippen LogP contribution in [0.25, 0.3) is 5.69 Å². The third-order valence-corrected chi connectivity index (χ3v) is 7.13. The van der Waals surface area contributed by atoms with E-state index in [4.69, 9.17) is 9.47 Å². The van der Waals surface area contributed by atoms with Crippen LogP contribution in [0.3, 0.4) is 0 Å². The first-order valence-electron chi connectivity index (χ1n) is 11.6. The van der Waals surface area contributed by atoms with Crippen LogP contribution in [0.1, 0.15) is 11.1 Å². The first-order chi connectivity index (χ1) is 16.3. The van der Waals surface area contributed by atoms with Gasteiger partial charge < -0.3 is 14.4 Å². The molecule has 0 radical (unpaired) electrons. The van der Waals surface area contributed by atoms with E-state index >= 15 is 0 Å². The van der Waals surface area contributed by atoms with Gasteiger partial charge >= 0.3 is 0 Å². The van der Waals surface area contributed by atoms with Gasteiger partial charge in [-0.15, -0.1) is 10.2 Å². The van der Waals surface area contributed by atoms with E-state index in [-0.39, 0.29) is 6.10 Å². The van der Waals surface area contributed by atoms with Crippen molar-refractivity contribution in [3.8, 4) is 5.69 Å². The van der Waals surface area contributed by atoms with E-state index in [9.17, 15) is 0 Å². The highest BCUT2D eigenvalue weighted by molar-refractivity contribution is 7.99. The van der Waals surface area contributed by atoms with Crippen molar-refractivity contribution in [1.82, 2.24) is 19.7 Å². The third-order valence-electron chi connectivity index (χ3n) is 6.07. The molecule has 0 spiro atoms. The predicted octanol–water partition coefficient (Wildman–Crippen LogP) is 3.41. The van der Waals surface area contributed by atoms with Crippen LogP contribution < -0.4 is 4.90 Å². The summed E-state index contributed by atoms with van der Waals surface area (Å²) in [4.78, 5) is 4.74. The van der Waals surface area contributed by atoms with Crippen molar-refractivity contribution in [2.75, 3.05) is 56.7 Å². The molecule has 3 aromatic rings. The summed E-state index contributed by atoms with van der Waals surface area (Å²) in [6, 6.07) is 19.2. The van der Waals surface area contributed by atoms with Crippen LogP contribution >= 0.6 is 11.8 Å².